The van der Waals surface area contributed by atoms with Gasteiger partial charge >= 0.3 is 5.97 Å². The Hall–Kier alpha value is -1.12. The van der Waals surface area contributed by atoms with Gasteiger partial charge < -0.3 is 4.74 Å². The topological polar surface area (TPSA) is 43.4 Å². The third kappa shape index (κ3) is 1.19. The Morgan fingerprint density at radius 3 is 2.86 bits per heavy atom. The van der Waals surface area contributed by atoms with Gasteiger partial charge in [-0.05, 0) is 19.3 Å². The van der Waals surface area contributed by atoms with Crippen LogP contribution in [0.2, 0.25) is 0 Å². The number of allylic oxidation sites excluding steroid dienone is 1. The maximum absolute atomic E-state index is 11.5. The predicted octanol–water partition coefficient (Wildman–Crippen LogP) is 1.33. The van der Waals surface area contributed by atoms with Gasteiger partial charge in [-0.15, -0.1) is 0 Å². The molecule has 14 heavy (non-hydrogen) atoms. The van der Waals surface area contributed by atoms with E-state index in [1.807, 2.05) is 19.1 Å². The number of ether oxygens (including phenoxy) is 1. The van der Waals surface area contributed by atoms with Crippen molar-refractivity contribution in [1.82, 2.24) is 0 Å². The molecule has 2 aliphatic rings. The number of fused-ring (bicyclic) bond motifs is 1. The Bertz CT molecular complexity index is 318. The molecule has 0 aromatic carbocycles. The van der Waals surface area contributed by atoms with E-state index in [4.69, 9.17) is 4.74 Å². The summed E-state index contributed by atoms with van der Waals surface area (Å²) in [6.45, 7) is 1.87. The van der Waals surface area contributed by atoms with Crippen LogP contribution >= 0.6 is 0 Å². The number of Topliss-reactive ketones (excluding diaryl/α,β-unsaturated/α-hetero) is 1. The summed E-state index contributed by atoms with van der Waals surface area (Å²) in [6, 6.07) is 0. The molecule has 0 aromatic heterocycles. The average molecular weight is 194 g/mol. The lowest BCUT2D eigenvalue weighted by Gasteiger charge is -2.41. The maximum Gasteiger partial charge on any atom is 0.315 e. The van der Waals surface area contributed by atoms with Gasteiger partial charge in [0.2, 0.25) is 0 Å². The van der Waals surface area contributed by atoms with E-state index >= 15 is 0 Å². The van der Waals surface area contributed by atoms with E-state index < -0.39 is 5.41 Å². The summed E-state index contributed by atoms with van der Waals surface area (Å²) in [7, 11) is 1.40. The molecule has 0 spiro atoms. The van der Waals surface area contributed by atoms with Crippen molar-refractivity contribution < 1.29 is 14.3 Å². The second-order valence-corrected chi connectivity index (χ2v) is 4.43. The summed E-state index contributed by atoms with van der Waals surface area (Å²) in [4.78, 5) is 22.6. The SMILES string of the molecule is COC(=O)[C@]1(C)C=C[C@H]2C(=O)C[C@H]2C1. The Balaban J connectivity index is 2.18. The normalized spacial score (nSPS) is 40.0. The van der Waals surface area contributed by atoms with Gasteiger partial charge in [0, 0.05) is 12.3 Å². The van der Waals surface area contributed by atoms with Crippen LogP contribution in [0.1, 0.15) is 19.8 Å². The Morgan fingerprint density at radius 1 is 1.64 bits per heavy atom. The van der Waals surface area contributed by atoms with Crippen molar-refractivity contribution in [2.75, 3.05) is 7.11 Å². The smallest absolute Gasteiger partial charge is 0.315 e. The first kappa shape index (κ1) is 9.44. The zero-order valence-electron chi connectivity index (χ0n) is 8.45. The van der Waals surface area contributed by atoms with Crippen LogP contribution in [-0.2, 0) is 14.3 Å². The predicted molar refractivity (Wildman–Crippen MR) is 50.5 cm³/mol. The van der Waals surface area contributed by atoms with E-state index in [0.29, 0.717) is 18.1 Å². The van der Waals surface area contributed by atoms with Crippen LogP contribution in [0.25, 0.3) is 0 Å². The summed E-state index contributed by atoms with van der Waals surface area (Å²) in [5, 5.41) is 0. The minimum Gasteiger partial charge on any atom is -0.468 e. The molecule has 76 valence electrons. The van der Waals surface area contributed by atoms with Gasteiger partial charge in [0.25, 0.3) is 0 Å². The largest absolute Gasteiger partial charge is 0.468 e. The third-order valence-electron chi connectivity index (χ3n) is 3.35. The lowest BCUT2D eigenvalue weighted by molar-refractivity contribution is -0.152. The van der Waals surface area contributed by atoms with Crippen LogP contribution in [-0.4, -0.2) is 18.9 Å². The Morgan fingerprint density at radius 2 is 2.36 bits per heavy atom. The van der Waals surface area contributed by atoms with E-state index in [0.717, 1.165) is 6.42 Å². The first-order chi connectivity index (χ1) is 6.57. The van der Waals surface area contributed by atoms with Crippen molar-refractivity contribution >= 4 is 11.8 Å². The first-order valence-corrected chi connectivity index (χ1v) is 4.87. The molecule has 0 amide bonds. The molecule has 0 aliphatic heterocycles. The Labute approximate surface area is 83.1 Å². The second kappa shape index (κ2) is 2.94. The van der Waals surface area contributed by atoms with Gasteiger partial charge in [0.1, 0.15) is 5.78 Å². The molecule has 3 nitrogen and oxygen atoms in total. The highest BCUT2D eigenvalue weighted by Gasteiger charge is 2.47. The van der Waals surface area contributed by atoms with Crippen molar-refractivity contribution in [2.24, 2.45) is 17.3 Å². The fourth-order valence-electron chi connectivity index (χ4n) is 2.40. The van der Waals surface area contributed by atoms with Crippen molar-refractivity contribution in [1.29, 1.82) is 0 Å². The number of carbonyl (C=O) groups is 2. The standard InChI is InChI=1S/C11H14O3/c1-11(10(13)14-2)4-3-8-7(6-11)5-9(8)12/h3-4,7-8H,5-6H2,1-2H3/t7-,8+,11+/m0/s1. The van der Waals surface area contributed by atoms with Gasteiger partial charge in [0.15, 0.2) is 0 Å². The van der Waals surface area contributed by atoms with Crippen LogP contribution in [0.3, 0.4) is 0 Å². The molecule has 0 saturated heterocycles. The van der Waals surface area contributed by atoms with Crippen LogP contribution in [0.5, 0.6) is 0 Å². The van der Waals surface area contributed by atoms with Crippen LogP contribution in [0.15, 0.2) is 12.2 Å². The molecule has 1 saturated carbocycles. The van der Waals surface area contributed by atoms with E-state index in [-0.39, 0.29) is 11.9 Å². The molecule has 0 heterocycles. The van der Waals surface area contributed by atoms with E-state index in [9.17, 15) is 9.59 Å². The van der Waals surface area contributed by atoms with E-state index in [1.54, 1.807) is 0 Å². The zero-order chi connectivity index (χ0) is 10.3. The van der Waals surface area contributed by atoms with Gasteiger partial charge in [-0.2, -0.15) is 0 Å². The third-order valence-corrected chi connectivity index (χ3v) is 3.35. The second-order valence-electron chi connectivity index (χ2n) is 4.43. The van der Waals surface area contributed by atoms with Crippen molar-refractivity contribution in [3.05, 3.63) is 12.2 Å². The fourth-order valence-corrected chi connectivity index (χ4v) is 2.40. The fraction of sp³-hybridized carbons (Fsp3) is 0.636. The zero-order valence-corrected chi connectivity index (χ0v) is 8.45. The highest BCUT2D eigenvalue weighted by atomic mass is 16.5. The molecule has 2 rings (SSSR count). The molecule has 3 atom stereocenters. The molecule has 0 aromatic rings. The number of esters is 1. The molecule has 0 N–H and O–H groups in total. The number of methoxy groups -OCH3 is 1. The minimum absolute atomic E-state index is 0.0766. The van der Waals surface area contributed by atoms with Gasteiger partial charge in [-0.1, -0.05) is 12.2 Å². The Kier molecular flexibility index (Phi) is 1.98. The van der Waals surface area contributed by atoms with E-state index in [1.165, 1.54) is 7.11 Å². The highest BCUT2D eigenvalue weighted by Crippen LogP contribution is 2.46. The minimum atomic E-state index is -0.517. The summed E-state index contributed by atoms with van der Waals surface area (Å²) < 4.78 is 4.75. The average Bonchev–Trinajstić information content (AvgIpc) is 2.15. The molecule has 1 fully saturated rings. The van der Waals surface area contributed by atoms with Gasteiger partial charge in [-0.3, -0.25) is 9.59 Å². The molecule has 2 aliphatic carbocycles. The summed E-state index contributed by atoms with van der Waals surface area (Å²) in [5.41, 5.74) is -0.517. The van der Waals surface area contributed by atoms with Gasteiger partial charge in [-0.25, -0.2) is 0 Å². The first-order valence-electron chi connectivity index (χ1n) is 4.87. The molecule has 0 bridgehead atoms. The molecule has 0 unspecified atom stereocenters. The summed E-state index contributed by atoms with van der Waals surface area (Å²) >= 11 is 0. The van der Waals surface area contributed by atoms with E-state index in [2.05, 4.69) is 0 Å². The summed E-state index contributed by atoms with van der Waals surface area (Å²) in [6.07, 6.45) is 5.07. The van der Waals surface area contributed by atoms with Crippen molar-refractivity contribution in [3.63, 3.8) is 0 Å². The number of ketones is 1. The van der Waals surface area contributed by atoms with Gasteiger partial charge in [0.05, 0.1) is 12.5 Å². The monoisotopic (exact) mass is 194 g/mol. The highest BCUT2D eigenvalue weighted by molar-refractivity contribution is 5.90. The number of hydrogen-bond acceptors (Lipinski definition) is 3. The van der Waals surface area contributed by atoms with Crippen molar-refractivity contribution in [2.45, 2.75) is 19.8 Å². The van der Waals surface area contributed by atoms with Crippen LogP contribution < -0.4 is 0 Å². The lowest BCUT2D eigenvalue weighted by atomic mass is 9.61. The quantitative estimate of drug-likeness (QED) is 0.467. The molecule has 0 radical (unpaired) electrons. The molecular formula is C11H14O3. The number of hydrogen-bond donors (Lipinski definition) is 0. The maximum atomic E-state index is 11.5. The van der Waals surface area contributed by atoms with Crippen molar-refractivity contribution in [3.8, 4) is 0 Å². The number of rotatable bonds is 1. The summed E-state index contributed by atoms with van der Waals surface area (Å²) in [5.74, 6) is 0.536. The molecular weight excluding hydrogens is 180 g/mol. The number of carbonyl (C=O) groups excluding carboxylic acids is 2. The van der Waals surface area contributed by atoms with Crippen LogP contribution in [0, 0.1) is 17.3 Å². The van der Waals surface area contributed by atoms with Crippen LogP contribution in [0.4, 0.5) is 0 Å². The lowest BCUT2D eigenvalue weighted by Crippen LogP contribution is -2.44. The molecule has 3 heteroatoms.